The van der Waals surface area contributed by atoms with E-state index in [2.05, 4.69) is 70.2 Å². The summed E-state index contributed by atoms with van der Waals surface area (Å²) in [7, 11) is 1.68. The third-order valence-electron chi connectivity index (χ3n) is 5.78. The van der Waals surface area contributed by atoms with Crippen molar-refractivity contribution in [1.29, 1.82) is 0 Å². The Bertz CT molecular complexity index is 1590. The maximum atomic E-state index is 5.34. The molecule has 0 aliphatic rings. The quantitative estimate of drug-likeness (QED) is 0.347. The van der Waals surface area contributed by atoms with Gasteiger partial charge < -0.3 is 13.7 Å². The number of nitrogens with zero attached hydrogens (tertiary/aromatic N) is 4. The van der Waals surface area contributed by atoms with E-state index in [0.29, 0.717) is 0 Å². The second kappa shape index (κ2) is 7.39. The van der Waals surface area contributed by atoms with Crippen LogP contribution in [0.5, 0.6) is 5.75 Å². The second-order valence-electron chi connectivity index (χ2n) is 7.69. The van der Waals surface area contributed by atoms with Crippen molar-refractivity contribution in [2.75, 3.05) is 7.11 Å². The largest absolute Gasteiger partial charge is 0.497 e. The van der Waals surface area contributed by atoms with Crippen LogP contribution in [0.15, 0.2) is 91.6 Å². The lowest BCUT2D eigenvalue weighted by Gasteiger charge is -2.09. The van der Waals surface area contributed by atoms with Crippen molar-refractivity contribution in [2.45, 2.75) is 0 Å². The minimum atomic E-state index is 0.833. The maximum Gasteiger partial charge on any atom is 0.118 e. The lowest BCUT2D eigenvalue weighted by Crippen LogP contribution is -1.92. The molecule has 0 saturated carbocycles. The number of imidazole rings is 1. The number of rotatable bonds is 4. The van der Waals surface area contributed by atoms with Crippen LogP contribution in [-0.2, 0) is 0 Å². The minimum absolute atomic E-state index is 0.833. The molecule has 0 unspecified atom stereocenters. The molecule has 0 fully saturated rings. The molecule has 4 aromatic heterocycles. The first-order valence-corrected chi connectivity index (χ1v) is 10.4. The molecule has 4 heterocycles. The van der Waals surface area contributed by atoms with Crippen LogP contribution in [0.25, 0.3) is 50.9 Å². The average Bonchev–Trinajstić information content (AvgIpc) is 3.50. The van der Waals surface area contributed by atoms with Gasteiger partial charge in [0.2, 0.25) is 0 Å². The summed E-state index contributed by atoms with van der Waals surface area (Å²) in [6, 6.07) is 23.0. The third kappa shape index (κ3) is 3.03. The van der Waals surface area contributed by atoms with Crippen LogP contribution in [0.2, 0.25) is 0 Å². The SMILES string of the molecule is COc1ccc(-c2nc3ccccc3c3cc4cc(C=Cn5ccnc5)ccn4c23)cc1. The number of benzene rings is 2. The number of methoxy groups -OCH3 is 1. The summed E-state index contributed by atoms with van der Waals surface area (Å²) in [6.45, 7) is 0. The Kier molecular flexibility index (Phi) is 4.25. The lowest BCUT2D eigenvalue weighted by molar-refractivity contribution is 0.415. The average molecular weight is 416 g/mol. The number of pyridine rings is 2. The van der Waals surface area contributed by atoms with E-state index in [4.69, 9.17) is 9.72 Å². The van der Waals surface area contributed by atoms with Crippen molar-refractivity contribution in [3.63, 3.8) is 0 Å². The van der Waals surface area contributed by atoms with E-state index >= 15 is 0 Å². The molecule has 6 rings (SSSR count). The molecule has 0 amide bonds. The summed E-state index contributed by atoms with van der Waals surface area (Å²) in [5.41, 5.74) is 6.36. The molecule has 0 atom stereocenters. The van der Waals surface area contributed by atoms with Crippen LogP contribution in [0.3, 0.4) is 0 Å². The molecule has 0 aliphatic carbocycles. The van der Waals surface area contributed by atoms with Gasteiger partial charge in [-0.1, -0.05) is 18.2 Å². The Labute approximate surface area is 184 Å². The van der Waals surface area contributed by atoms with Gasteiger partial charge >= 0.3 is 0 Å². The monoisotopic (exact) mass is 416 g/mol. The number of ether oxygens (including phenoxy) is 1. The molecule has 2 aromatic carbocycles. The van der Waals surface area contributed by atoms with Crippen molar-refractivity contribution < 1.29 is 4.74 Å². The van der Waals surface area contributed by atoms with Crippen LogP contribution < -0.4 is 4.74 Å². The fraction of sp³-hybridized carbons (Fsp3) is 0.0370. The molecule has 6 aromatic rings. The first kappa shape index (κ1) is 18.4. The number of hydrogen-bond acceptors (Lipinski definition) is 3. The zero-order valence-corrected chi connectivity index (χ0v) is 17.5. The Morgan fingerprint density at radius 1 is 0.906 bits per heavy atom. The highest BCUT2D eigenvalue weighted by Crippen LogP contribution is 2.35. The fourth-order valence-electron chi connectivity index (χ4n) is 4.20. The van der Waals surface area contributed by atoms with Crippen molar-refractivity contribution >= 4 is 39.6 Å². The molecule has 0 radical (unpaired) electrons. The van der Waals surface area contributed by atoms with Crippen molar-refractivity contribution in [3.8, 4) is 17.0 Å². The Hall–Kier alpha value is -4.38. The molecule has 0 N–H and O–H groups in total. The summed E-state index contributed by atoms with van der Waals surface area (Å²) in [6.07, 6.45) is 11.7. The smallest absolute Gasteiger partial charge is 0.118 e. The van der Waals surface area contributed by atoms with Gasteiger partial charge in [-0.25, -0.2) is 9.97 Å². The number of fused-ring (bicyclic) bond motifs is 5. The highest BCUT2D eigenvalue weighted by Gasteiger charge is 2.15. The molecular weight excluding hydrogens is 396 g/mol. The predicted octanol–water partition coefficient (Wildman–Crippen LogP) is 6.14. The molecule has 32 heavy (non-hydrogen) atoms. The van der Waals surface area contributed by atoms with Crippen LogP contribution in [0.4, 0.5) is 0 Å². The zero-order valence-electron chi connectivity index (χ0n) is 17.5. The van der Waals surface area contributed by atoms with E-state index in [1.54, 1.807) is 19.6 Å². The van der Waals surface area contributed by atoms with Gasteiger partial charge in [0.05, 0.1) is 30.2 Å². The lowest BCUT2D eigenvalue weighted by atomic mass is 10.1. The summed E-state index contributed by atoms with van der Waals surface area (Å²) >= 11 is 0. The van der Waals surface area contributed by atoms with Gasteiger partial charge in [0.15, 0.2) is 0 Å². The normalized spacial score (nSPS) is 11.8. The molecule has 0 aliphatic heterocycles. The van der Waals surface area contributed by atoms with Gasteiger partial charge in [0, 0.05) is 46.6 Å². The highest BCUT2D eigenvalue weighted by atomic mass is 16.5. The number of aromatic nitrogens is 4. The van der Waals surface area contributed by atoms with Gasteiger partial charge in [0.1, 0.15) is 5.75 Å². The van der Waals surface area contributed by atoms with Gasteiger partial charge in [0.25, 0.3) is 0 Å². The van der Waals surface area contributed by atoms with E-state index < -0.39 is 0 Å². The fourth-order valence-corrected chi connectivity index (χ4v) is 4.20. The van der Waals surface area contributed by atoms with E-state index in [0.717, 1.165) is 44.5 Å². The Morgan fingerprint density at radius 2 is 1.78 bits per heavy atom. The maximum absolute atomic E-state index is 5.34. The molecule has 0 bridgehead atoms. The predicted molar refractivity (Wildman–Crippen MR) is 130 cm³/mol. The molecule has 5 heteroatoms. The highest BCUT2D eigenvalue weighted by molar-refractivity contribution is 6.12. The zero-order chi connectivity index (χ0) is 21.5. The number of para-hydroxylation sites is 1. The molecule has 154 valence electrons. The summed E-state index contributed by atoms with van der Waals surface area (Å²) in [5.74, 6) is 0.833. The van der Waals surface area contributed by atoms with Crippen molar-refractivity contribution in [1.82, 2.24) is 18.9 Å². The minimum Gasteiger partial charge on any atom is -0.497 e. The van der Waals surface area contributed by atoms with Crippen LogP contribution >= 0.6 is 0 Å². The van der Waals surface area contributed by atoms with E-state index in [1.807, 2.05) is 35.2 Å². The summed E-state index contributed by atoms with van der Waals surface area (Å²) in [5, 5.41) is 2.34. The first-order chi connectivity index (χ1) is 15.8. The van der Waals surface area contributed by atoms with Gasteiger partial charge in [-0.15, -0.1) is 0 Å². The van der Waals surface area contributed by atoms with E-state index in [1.165, 1.54) is 5.39 Å². The summed E-state index contributed by atoms with van der Waals surface area (Å²) < 4.78 is 9.50. The van der Waals surface area contributed by atoms with Gasteiger partial charge in [-0.3, -0.25) is 0 Å². The van der Waals surface area contributed by atoms with Crippen molar-refractivity contribution in [2.24, 2.45) is 0 Å². The standard InChI is InChI=1S/C27H20N4O/c1-32-22-8-6-20(7-9-22)26-27-24(23-4-2-3-5-25(23)29-26)17-21-16-19(11-14-31(21)27)10-13-30-15-12-28-18-30/h2-18H,1H3. The third-order valence-corrected chi connectivity index (χ3v) is 5.78. The van der Waals surface area contributed by atoms with Crippen LogP contribution in [-0.4, -0.2) is 26.0 Å². The van der Waals surface area contributed by atoms with E-state index in [-0.39, 0.29) is 0 Å². The molecule has 0 saturated heterocycles. The topological polar surface area (TPSA) is 44.3 Å². The Balaban J connectivity index is 1.59. The molecule has 0 spiro atoms. The van der Waals surface area contributed by atoms with E-state index in [9.17, 15) is 0 Å². The molecular formula is C27H20N4O. The van der Waals surface area contributed by atoms with Crippen molar-refractivity contribution in [3.05, 3.63) is 97.2 Å². The van der Waals surface area contributed by atoms with Crippen LogP contribution in [0.1, 0.15) is 5.56 Å². The van der Waals surface area contributed by atoms with Gasteiger partial charge in [-0.05, 0) is 60.2 Å². The first-order valence-electron chi connectivity index (χ1n) is 10.4. The second-order valence-corrected chi connectivity index (χ2v) is 7.69. The van der Waals surface area contributed by atoms with Crippen LogP contribution in [0, 0.1) is 0 Å². The van der Waals surface area contributed by atoms with Gasteiger partial charge in [-0.2, -0.15) is 0 Å². The molecule has 5 nitrogen and oxygen atoms in total. The number of hydrogen-bond donors (Lipinski definition) is 0. The Morgan fingerprint density at radius 3 is 2.59 bits per heavy atom. The summed E-state index contributed by atoms with van der Waals surface area (Å²) in [4.78, 5) is 9.14.